The minimum absolute atomic E-state index is 0.405. The molecule has 0 saturated carbocycles. The summed E-state index contributed by atoms with van der Waals surface area (Å²) < 4.78 is 0. The Morgan fingerprint density at radius 3 is 2.50 bits per heavy atom. The number of hydrogen-bond donors (Lipinski definition) is 1. The van der Waals surface area contributed by atoms with Crippen LogP contribution in [0.25, 0.3) is 0 Å². The highest BCUT2D eigenvalue weighted by Gasteiger charge is 2.19. The van der Waals surface area contributed by atoms with E-state index in [2.05, 4.69) is 42.2 Å². The summed E-state index contributed by atoms with van der Waals surface area (Å²) in [7, 11) is 0. The normalized spacial score (nSPS) is 19.1. The monoisotopic (exact) mass is 274 g/mol. The number of likely N-dealkylation sites (tertiary alicyclic amines) is 1. The SMILES string of the molecule is CCCC(N)CCN1CCC(Cc2ccccc2)CC1. The van der Waals surface area contributed by atoms with E-state index in [9.17, 15) is 0 Å². The summed E-state index contributed by atoms with van der Waals surface area (Å²) in [6.07, 6.45) is 7.49. The zero-order chi connectivity index (χ0) is 14.2. The molecule has 1 aromatic rings. The van der Waals surface area contributed by atoms with Crippen LogP contribution in [0.1, 0.15) is 44.6 Å². The van der Waals surface area contributed by atoms with Gasteiger partial charge < -0.3 is 10.6 Å². The first-order valence-corrected chi connectivity index (χ1v) is 8.29. The Bertz CT molecular complexity index is 355. The molecule has 0 spiro atoms. The Kier molecular flexibility index (Phi) is 6.55. The molecule has 20 heavy (non-hydrogen) atoms. The molecule has 0 radical (unpaired) electrons. The topological polar surface area (TPSA) is 29.3 Å². The molecule has 1 atom stereocenters. The van der Waals surface area contributed by atoms with E-state index >= 15 is 0 Å². The molecule has 1 aromatic carbocycles. The second kappa shape index (κ2) is 8.43. The van der Waals surface area contributed by atoms with Gasteiger partial charge in [0.05, 0.1) is 0 Å². The third kappa shape index (κ3) is 5.26. The fourth-order valence-electron chi connectivity index (χ4n) is 3.23. The molecule has 112 valence electrons. The summed E-state index contributed by atoms with van der Waals surface area (Å²) >= 11 is 0. The largest absolute Gasteiger partial charge is 0.328 e. The van der Waals surface area contributed by atoms with Crippen molar-refractivity contribution in [2.24, 2.45) is 11.7 Å². The van der Waals surface area contributed by atoms with Crippen LogP contribution >= 0.6 is 0 Å². The lowest BCUT2D eigenvalue weighted by Crippen LogP contribution is -2.37. The van der Waals surface area contributed by atoms with Crippen molar-refractivity contribution in [1.82, 2.24) is 4.90 Å². The van der Waals surface area contributed by atoms with E-state index in [1.165, 1.54) is 57.3 Å². The van der Waals surface area contributed by atoms with Crippen molar-refractivity contribution >= 4 is 0 Å². The van der Waals surface area contributed by atoms with Gasteiger partial charge in [-0.2, -0.15) is 0 Å². The average molecular weight is 274 g/mol. The van der Waals surface area contributed by atoms with Crippen molar-refractivity contribution in [2.75, 3.05) is 19.6 Å². The van der Waals surface area contributed by atoms with Crippen molar-refractivity contribution in [1.29, 1.82) is 0 Å². The first-order chi connectivity index (χ1) is 9.78. The fourth-order valence-corrected chi connectivity index (χ4v) is 3.23. The highest BCUT2D eigenvalue weighted by atomic mass is 15.1. The molecule has 1 unspecified atom stereocenters. The molecular formula is C18H30N2. The van der Waals surface area contributed by atoms with Crippen LogP contribution in [0.15, 0.2) is 30.3 Å². The molecule has 0 amide bonds. The Morgan fingerprint density at radius 2 is 1.85 bits per heavy atom. The average Bonchev–Trinajstić information content (AvgIpc) is 2.48. The summed E-state index contributed by atoms with van der Waals surface area (Å²) in [4.78, 5) is 2.61. The molecule has 1 aliphatic rings. The Morgan fingerprint density at radius 1 is 1.15 bits per heavy atom. The lowest BCUT2D eigenvalue weighted by molar-refractivity contribution is 0.178. The van der Waals surface area contributed by atoms with Crippen molar-refractivity contribution < 1.29 is 0 Å². The van der Waals surface area contributed by atoms with E-state index in [1.54, 1.807) is 0 Å². The van der Waals surface area contributed by atoms with Gasteiger partial charge in [-0.1, -0.05) is 43.7 Å². The van der Waals surface area contributed by atoms with Crippen LogP contribution in [0.5, 0.6) is 0 Å². The predicted molar refractivity (Wildman–Crippen MR) is 86.8 cm³/mol. The quantitative estimate of drug-likeness (QED) is 0.825. The number of hydrogen-bond acceptors (Lipinski definition) is 2. The lowest BCUT2D eigenvalue weighted by Gasteiger charge is -2.32. The number of benzene rings is 1. The molecule has 2 N–H and O–H groups in total. The van der Waals surface area contributed by atoms with E-state index in [-0.39, 0.29) is 0 Å². The van der Waals surface area contributed by atoms with Crippen molar-refractivity contribution in [3.63, 3.8) is 0 Å². The van der Waals surface area contributed by atoms with Crippen LogP contribution in [0, 0.1) is 5.92 Å². The fraction of sp³-hybridized carbons (Fsp3) is 0.667. The van der Waals surface area contributed by atoms with Gasteiger partial charge in [0, 0.05) is 6.04 Å². The zero-order valence-corrected chi connectivity index (χ0v) is 12.9. The molecular weight excluding hydrogens is 244 g/mol. The van der Waals surface area contributed by atoms with E-state index in [4.69, 9.17) is 5.73 Å². The van der Waals surface area contributed by atoms with Crippen LogP contribution in [0.2, 0.25) is 0 Å². The van der Waals surface area contributed by atoms with E-state index in [0.29, 0.717) is 6.04 Å². The van der Waals surface area contributed by atoms with Gasteiger partial charge in [0.25, 0.3) is 0 Å². The minimum atomic E-state index is 0.405. The molecule has 2 heteroatoms. The minimum Gasteiger partial charge on any atom is -0.328 e. The van der Waals surface area contributed by atoms with Gasteiger partial charge in [-0.25, -0.2) is 0 Å². The van der Waals surface area contributed by atoms with Gasteiger partial charge in [-0.3, -0.25) is 0 Å². The summed E-state index contributed by atoms with van der Waals surface area (Å²) in [6.45, 7) is 5.93. The van der Waals surface area contributed by atoms with Crippen molar-refractivity contribution in [3.8, 4) is 0 Å². The molecule has 1 saturated heterocycles. The Labute approximate surface area is 124 Å². The summed E-state index contributed by atoms with van der Waals surface area (Å²) in [6, 6.07) is 11.3. The smallest absolute Gasteiger partial charge is 0.00509 e. The van der Waals surface area contributed by atoms with Gasteiger partial charge in [0.15, 0.2) is 0 Å². The maximum atomic E-state index is 6.10. The summed E-state index contributed by atoms with van der Waals surface area (Å²) in [5.41, 5.74) is 7.60. The molecule has 0 aliphatic carbocycles. The lowest BCUT2D eigenvalue weighted by atomic mass is 9.90. The summed E-state index contributed by atoms with van der Waals surface area (Å²) in [5.74, 6) is 0.873. The van der Waals surface area contributed by atoms with Gasteiger partial charge in [-0.15, -0.1) is 0 Å². The van der Waals surface area contributed by atoms with Crippen LogP contribution in [-0.4, -0.2) is 30.6 Å². The first-order valence-electron chi connectivity index (χ1n) is 8.29. The maximum absolute atomic E-state index is 6.10. The summed E-state index contributed by atoms with van der Waals surface area (Å²) in [5, 5.41) is 0. The van der Waals surface area contributed by atoms with Crippen molar-refractivity contribution in [2.45, 2.75) is 51.5 Å². The van der Waals surface area contributed by atoms with Gasteiger partial charge >= 0.3 is 0 Å². The highest BCUT2D eigenvalue weighted by Crippen LogP contribution is 2.21. The second-order valence-electron chi connectivity index (χ2n) is 6.31. The number of rotatable bonds is 7. The molecule has 0 bridgehead atoms. The third-order valence-corrected chi connectivity index (χ3v) is 4.55. The Hall–Kier alpha value is -0.860. The van der Waals surface area contributed by atoms with E-state index < -0.39 is 0 Å². The van der Waals surface area contributed by atoms with Crippen molar-refractivity contribution in [3.05, 3.63) is 35.9 Å². The molecule has 1 aliphatic heterocycles. The van der Waals surface area contributed by atoms with Crippen LogP contribution in [0.3, 0.4) is 0 Å². The van der Waals surface area contributed by atoms with E-state index in [0.717, 1.165) is 12.3 Å². The van der Waals surface area contributed by atoms with Crippen LogP contribution in [0.4, 0.5) is 0 Å². The van der Waals surface area contributed by atoms with E-state index in [1.807, 2.05) is 0 Å². The van der Waals surface area contributed by atoms with Gasteiger partial charge in [0.1, 0.15) is 0 Å². The van der Waals surface area contributed by atoms with Crippen LogP contribution < -0.4 is 5.73 Å². The van der Waals surface area contributed by atoms with Crippen LogP contribution in [-0.2, 0) is 6.42 Å². The zero-order valence-electron chi connectivity index (χ0n) is 12.9. The first kappa shape index (κ1) is 15.5. The number of nitrogens with zero attached hydrogens (tertiary/aromatic N) is 1. The molecule has 2 rings (SSSR count). The number of piperidine rings is 1. The number of nitrogens with two attached hydrogens (primary N) is 1. The standard InChI is InChI=1S/C18H30N2/c1-2-6-18(19)11-14-20-12-9-17(10-13-20)15-16-7-4-3-5-8-16/h3-5,7-8,17-18H,2,6,9-15,19H2,1H3. The molecule has 2 nitrogen and oxygen atoms in total. The maximum Gasteiger partial charge on any atom is 0.00509 e. The second-order valence-corrected chi connectivity index (χ2v) is 6.31. The highest BCUT2D eigenvalue weighted by molar-refractivity contribution is 5.15. The molecule has 0 aromatic heterocycles. The molecule has 1 fully saturated rings. The van der Waals surface area contributed by atoms with Gasteiger partial charge in [-0.05, 0) is 63.2 Å². The Balaban J connectivity index is 1.65. The molecule has 1 heterocycles. The van der Waals surface area contributed by atoms with Gasteiger partial charge in [0.2, 0.25) is 0 Å². The predicted octanol–water partition coefficient (Wildman–Crippen LogP) is 3.46. The third-order valence-electron chi connectivity index (χ3n) is 4.55.